The predicted octanol–water partition coefficient (Wildman–Crippen LogP) is 2.52. The minimum absolute atomic E-state index is 0.172. The second-order valence-electron chi connectivity index (χ2n) is 3.37. The van der Waals surface area contributed by atoms with Gasteiger partial charge in [-0.15, -0.1) is 5.10 Å². The van der Waals surface area contributed by atoms with Gasteiger partial charge in [0.2, 0.25) is 5.01 Å². The number of hydrogen-bond donors (Lipinski definition) is 0. The van der Waals surface area contributed by atoms with Gasteiger partial charge in [0.05, 0.1) is 13.7 Å². The molecule has 6 nitrogen and oxygen atoms in total. The summed E-state index contributed by atoms with van der Waals surface area (Å²) in [5.41, 5.74) is 0. The van der Waals surface area contributed by atoms with Crippen molar-refractivity contribution in [2.75, 3.05) is 13.7 Å². The Morgan fingerprint density at radius 2 is 1.89 bits per heavy atom. The van der Waals surface area contributed by atoms with Crippen LogP contribution in [0.2, 0.25) is 0 Å². The van der Waals surface area contributed by atoms with Crippen LogP contribution < -0.4 is 9.47 Å². The normalized spacial score (nSPS) is 10.0. The van der Waals surface area contributed by atoms with Crippen LogP contribution in [0.1, 0.15) is 16.7 Å². The van der Waals surface area contributed by atoms with Crippen molar-refractivity contribution < 1.29 is 19.0 Å². The largest absolute Gasteiger partial charge is 0.497 e. The number of nitrogens with zero attached hydrogens (tertiary/aromatic N) is 2. The number of methoxy groups -OCH3 is 1. The first-order valence-electron chi connectivity index (χ1n) is 5.55. The summed E-state index contributed by atoms with van der Waals surface area (Å²) in [6.07, 6.45) is 0. The van der Waals surface area contributed by atoms with Crippen LogP contribution in [-0.4, -0.2) is 29.9 Å². The number of aromatic nitrogens is 2. The molecule has 0 aliphatic rings. The van der Waals surface area contributed by atoms with E-state index < -0.39 is 5.97 Å². The van der Waals surface area contributed by atoms with Crippen LogP contribution in [0.15, 0.2) is 24.3 Å². The zero-order valence-electron chi connectivity index (χ0n) is 10.5. The third kappa shape index (κ3) is 3.41. The van der Waals surface area contributed by atoms with Crippen molar-refractivity contribution in [1.82, 2.24) is 10.2 Å². The van der Waals surface area contributed by atoms with E-state index in [2.05, 4.69) is 10.2 Å². The molecule has 2 aromatic rings. The zero-order valence-corrected chi connectivity index (χ0v) is 11.3. The monoisotopic (exact) mass is 280 g/mol. The van der Waals surface area contributed by atoms with E-state index in [1.807, 2.05) is 0 Å². The smallest absolute Gasteiger partial charge is 0.369 e. The van der Waals surface area contributed by atoms with Crippen molar-refractivity contribution in [2.45, 2.75) is 6.92 Å². The molecule has 0 spiro atoms. The molecule has 7 heteroatoms. The lowest BCUT2D eigenvalue weighted by atomic mass is 10.3. The molecule has 0 aliphatic heterocycles. The molecular formula is C12H12N2O4S. The number of carbonyl (C=O) groups is 1. The van der Waals surface area contributed by atoms with Gasteiger partial charge >= 0.3 is 5.97 Å². The van der Waals surface area contributed by atoms with Gasteiger partial charge in [-0.05, 0) is 42.5 Å². The first kappa shape index (κ1) is 13.3. The van der Waals surface area contributed by atoms with Crippen LogP contribution in [0.4, 0.5) is 0 Å². The van der Waals surface area contributed by atoms with E-state index in [0.717, 1.165) is 17.1 Å². The molecule has 0 unspecified atom stereocenters. The summed E-state index contributed by atoms with van der Waals surface area (Å²) in [7, 11) is 1.59. The zero-order chi connectivity index (χ0) is 13.7. The molecule has 1 aromatic heterocycles. The maximum Gasteiger partial charge on any atom is 0.369 e. The molecule has 1 heterocycles. The lowest BCUT2D eigenvalue weighted by Gasteiger charge is -2.02. The van der Waals surface area contributed by atoms with E-state index in [-0.39, 0.29) is 10.2 Å². The average molecular weight is 280 g/mol. The van der Waals surface area contributed by atoms with Gasteiger partial charge in [0, 0.05) is 0 Å². The van der Waals surface area contributed by atoms with Gasteiger partial charge < -0.3 is 14.2 Å². The van der Waals surface area contributed by atoms with Crippen LogP contribution in [0, 0.1) is 0 Å². The first-order chi connectivity index (χ1) is 9.22. The fraction of sp³-hybridized carbons (Fsp3) is 0.250. The van der Waals surface area contributed by atoms with Gasteiger partial charge in [0.15, 0.2) is 0 Å². The highest BCUT2D eigenvalue weighted by atomic mass is 32.1. The van der Waals surface area contributed by atoms with E-state index in [1.165, 1.54) is 0 Å². The van der Waals surface area contributed by atoms with Gasteiger partial charge in [0.25, 0.3) is 5.19 Å². The summed E-state index contributed by atoms with van der Waals surface area (Å²) in [5, 5.41) is 7.94. The summed E-state index contributed by atoms with van der Waals surface area (Å²) < 4.78 is 15.3. The maximum absolute atomic E-state index is 11.4. The number of benzene rings is 1. The molecule has 19 heavy (non-hydrogen) atoms. The average Bonchev–Trinajstić information content (AvgIpc) is 2.88. The minimum atomic E-state index is -0.496. The number of hydrogen-bond acceptors (Lipinski definition) is 7. The standard InChI is InChI=1S/C12H12N2O4S/c1-3-17-11(15)10-13-14-12(19-10)18-9-6-4-8(16-2)5-7-9/h4-7H,3H2,1-2H3. The van der Waals surface area contributed by atoms with Gasteiger partial charge in [0.1, 0.15) is 11.5 Å². The predicted molar refractivity (Wildman–Crippen MR) is 68.9 cm³/mol. The lowest BCUT2D eigenvalue weighted by molar-refractivity contribution is 0.0525. The van der Waals surface area contributed by atoms with Crippen molar-refractivity contribution in [3.63, 3.8) is 0 Å². The van der Waals surface area contributed by atoms with Gasteiger partial charge in [-0.25, -0.2) is 4.79 Å². The number of rotatable bonds is 5. The summed E-state index contributed by atoms with van der Waals surface area (Å²) in [6.45, 7) is 2.03. The molecule has 0 aliphatic carbocycles. The van der Waals surface area contributed by atoms with Crippen LogP contribution in [0.25, 0.3) is 0 Å². The minimum Gasteiger partial charge on any atom is -0.497 e. The Labute approximate surface area is 113 Å². The summed E-state index contributed by atoms with van der Waals surface area (Å²) in [4.78, 5) is 11.4. The van der Waals surface area contributed by atoms with Crippen molar-refractivity contribution >= 4 is 17.3 Å². The van der Waals surface area contributed by atoms with Gasteiger partial charge in [-0.3, -0.25) is 0 Å². The maximum atomic E-state index is 11.4. The van der Waals surface area contributed by atoms with Crippen LogP contribution in [0.5, 0.6) is 16.7 Å². The van der Waals surface area contributed by atoms with Crippen molar-refractivity contribution in [3.8, 4) is 16.7 Å². The molecule has 1 aromatic carbocycles. The Hall–Kier alpha value is -2.15. The van der Waals surface area contributed by atoms with Gasteiger partial charge in [-0.1, -0.05) is 5.10 Å². The SMILES string of the molecule is CCOC(=O)c1nnc(Oc2ccc(OC)cc2)s1. The Morgan fingerprint density at radius 1 is 1.21 bits per heavy atom. The van der Waals surface area contributed by atoms with Gasteiger partial charge in [-0.2, -0.15) is 0 Å². The van der Waals surface area contributed by atoms with E-state index in [1.54, 1.807) is 38.3 Å². The van der Waals surface area contributed by atoms with Crippen molar-refractivity contribution in [2.24, 2.45) is 0 Å². The Bertz CT molecular complexity index is 553. The number of esters is 1. The molecule has 0 radical (unpaired) electrons. The van der Waals surface area contributed by atoms with E-state index in [9.17, 15) is 4.79 Å². The summed E-state index contributed by atoms with van der Waals surface area (Å²) in [5.74, 6) is 0.828. The third-order valence-electron chi connectivity index (χ3n) is 2.12. The van der Waals surface area contributed by atoms with Crippen LogP contribution in [0.3, 0.4) is 0 Å². The second kappa shape index (κ2) is 6.14. The fourth-order valence-electron chi connectivity index (χ4n) is 1.27. The first-order valence-corrected chi connectivity index (χ1v) is 6.37. The Balaban J connectivity index is 2.04. The lowest BCUT2D eigenvalue weighted by Crippen LogP contribution is -2.03. The second-order valence-corrected chi connectivity index (χ2v) is 4.31. The Kier molecular flexibility index (Phi) is 4.30. The number of carbonyl (C=O) groups excluding carboxylic acids is 1. The molecule has 0 amide bonds. The highest BCUT2D eigenvalue weighted by Crippen LogP contribution is 2.26. The topological polar surface area (TPSA) is 70.5 Å². The molecule has 2 rings (SSSR count). The highest BCUT2D eigenvalue weighted by molar-refractivity contribution is 7.14. The summed E-state index contributed by atoms with van der Waals surface area (Å²) >= 11 is 1.04. The van der Waals surface area contributed by atoms with E-state index >= 15 is 0 Å². The van der Waals surface area contributed by atoms with E-state index in [0.29, 0.717) is 12.4 Å². The fourth-order valence-corrected chi connectivity index (χ4v) is 1.88. The van der Waals surface area contributed by atoms with E-state index in [4.69, 9.17) is 14.2 Å². The quantitative estimate of drug-likeness (QED) is 0.784. The molecular weight excluding hydrogens is 268 g/mol. The molecule has 0 saturated carbocycles. The molecule has 0 atom stereocenters. The van der Waals surface area contributed by atoms with Crippen molar-refractivity contribution in [3.05, 3.63) is 29.3 Å². The van der Waals surface area contributed by atoms with Crippen LogP contribution >= 0.6 is 11.3 Å². The highest BCUT2D eigenvalue weighted by Gasteiger charge is 2.14. The summed E-state index contributed by atoms with van der Waals surface area (Å²) in [6, 6.07) is 7.01. The van der Waals surface area contributed by atoms with Crippen molar-refractivity contribution in [1.29, 1.82) is 0 Å². The molecule has 0 bridgehead atoms. The Morgan fingerprint density at radius 3 is 2.53 bits per heavy atom. The molecule has 0 saturated heterocycles. The molecule has 0 fully saturated rings. The number of ether oxygens (including phenoxy) is 3. The molecule has 100 valence electrons. The third-order valence-corrected chi connectivity index (χ3v) is 2.90. The van der Waals surface area contributed by atoms with Crippen LogP contribution in [-0.2, 0) is 4.74 Å². The molecule has 0 N–H and O–H groups in total.